The summed E-state index contributed by atoms with van der Waals surface area (Å²) < 4.78 is 42.1. The summed E-state index contributed by atoms with van der Waals surface area (Å²) in [6.45, 7) is 4.98. The van der Waals surface area contributed by atoms with Crippen LogP contribution in [0, 0.1) is 5.82 Å². The minimum Gasteiger partial charge on any atom is -0.296 e. The lowest BCUT2D eigenvalue weighted by molar-refractivity contribution is 0.180. The van der Waals surface area contributed by atoms with Crippen LogP contribution in [0.1, 0.15) is 12.5 Å². The quantitative estimate of drug-likeness (QED) is 0.819. The van der Waals surface area contributed by atoms with Gasteiger partial charge >= 0.3 is 0 Å². The molecule has 0 atom stereocenters. The highest BCUT2D eigenvalue weighted by molar-refractivity contribution is 7.89. The number of benzene rings is 1. The lowest BCUT2D eigenvalue weighted by Crippen LogP contribution is -2.48. The molecule has 24 heavy (non-hydrogen) atoms. The molecule has 1 aromatic carbocycles. The van der Waals surface area contributed by atoms with Gasteiger partial charge in [-0.3, -0.25) is 9.58 Å². The van der Waals surface area contributed by atoms with Crippen LogP contribution in [0.5, 0.6) is 0 Å². The number of nitrogens with zero attached hydrogens (tertiary/aromatic N) is 4. The van der Waals surface area contributed by atoms with Crippen molar-refractivity contribution >= 4 is 10.0 Å². The van der Waals surface area contributed by atoms with Crippen LogP contribution in [0.25, 0.3) is 0 Å². The maximum Gasteiger partial charge on any atom is 0.246 e. The van der Waals surface area contributed by atoms with Gasteiger partial charge in [0.1, 0.15) is 10.7 Å². The first-order valence-electron chi connectivity index (χ1n) is 7.99. The molecule has 0 radical (unpaired) electrons. The molecule has 0 unspecified atom stereocenters. The van der Waals surface area contributed by atoms with E-state index < -0.39 is 10.0 Å². The van der Waals surface area contributed by atoms with Gasteiger partial charge in [-0.25, -0.2) is 12.8 Å². The first-order valence-corrected chi connectivity index (χ1v) is 9.43. The molecular weight excluding hydrogens is 331 g/mol. The van der Waals surface area contributed by atoms with Crippen LogP contribution in [0.15, 0.2) is 41.6 Å². The lowest BCUT2D eigenvalue weighted by Gasteiger charge is -2.33. The van der Waals surface area contributed by atoms with Gasteiger partial charge in [-0.1, -0.05) is 18.2 Å². The molecule has 0 N–H and O–H groups in total. The molecule has 1 fully saturated rings. The number of sulfonamides is 1. The lowest BCUT2D eigenvalue weighted by atomic mass is 10.2. The second-order valence-corrected chi connectivity index (χ2v) is 7.74. The van der Waals surface area contributed by atoms with Gasteiger partial charge in [-0.15, -0.1) is 0 Å². The highest BCUT2D eigenvalue weighted by Crippen LogP contribution is 2.18. The molecule has 0 saturated carbocycles. The second kappa shape index (κ2) is 7.00. The topological polar surface area (TPSA) is 58.4 Å². The molecule has 130 valence electrons. The van der Waals surface area contributed by atoms with E-state index in [1.54, 1.807) is 23.0 Å². The Bertz CT molecular complexity index is 798. The van der Waals surface area contributed by atoms with Crippen LogP contribution in [0.2, 0.25) is 0 Å². The van der Waals surface area contributed by atoms with Crippen LogP contribution in [0.4, 0.5) is 4.39 Å². The van der Waals surface area contributed by atoms with Crippen molar-refractivity contribution in [2.24, 2.45) is 0 Å². The SMILES string of the molecule is CCn1cc(S(=O)(=O)N2CCN(Cc3ccccc3F)CC2)cn1. The van der Waals surface area contributed by atoms with E-state index in [4.69, 9.17) is 0 Å². The molecule has 0 aliphatic carbocycles. The Morgan fingerprint density at radius 3 is 2.50 bits per heavy atom. The summed E-state index contributed by atoms with van der Waals surface area (Å²) in [6.07, 6.45) is 2.95. The van der Waals surface area contributed by atoms with E-state index in [0.29, 0.717) is 44.8 Å². The number of aryl methyl sites for hydroxylation is 1. The monoisotopic (exact) mass is 352 g/mol. The number of hydrogen-bond donors (Lipinski definition) is 0. The molecule has 1 aromatic heterocycles. The average molecular weight is 352 g/mol. The summed E-state index contributed by atoms with van der Waals surface area (Å²) in [5.41, 5.74) is 0.637. The van der Waals surface area contributed by atoms with Gasteiger partial charge in [0.25, 0.3) is 0 Å². The zero-order valence-corrected chi connectivity index (χ0v) is 14.4. The van der Waals surface area contributed by atoms with Crippen LogP contribution in [-0.4, -0.2) is 53.6 Å². The van der Waals surface area contributed by atoms with Gasteiger partial charge in [0.2, 0.25) is 10.0 Å². The Morgan fingerprint density at radius 1 is 1.17 bits per heavy atom. The van der Waals surface area contributed by atoms with Gasteiger partial charge < -0.3 is 0 Å². The predicted molar refractivity (Wildman–Crippen MR) is 88.3 cm³/mol. The minimum absolute atomic E-state index is 0.223. The van der Waals surface area contributed by atoms with Crippen molar-refractivity contribution in [2.75, 3.05) is 26.2 Å². The molecule has 1 saturated heterocycles. The Morgan fingerprint density at radius 2 is 1.88 bits per heavy atom. The molecule has 6 nitrogen and oxygen atoms in total. The van der Waals surface area contributed by atoms with Crippen LogP contribution in [0.3, 0.4) is 0 Å². The first kappa shape index (κ1) is 17.1. The van der Waals surface area contributed by atoms with Crippen molar-refractivity contribution in [2.45, 2.75) is 24.9 Å². The molecule has 3 rings (SSSR count). The van der Waals surface area contributed by atoms with Gasteiger partial charge in [0.15, 0.2) is 0 Å². The molecule has 2 aromatic rings. The fourth-order valence-electron chi connectivity index (χ4n) is 2.80. The molecular formula is C16H21FN4O2S. The summed E-state index contributed by atoms with van der Waals surface area (Å²) in [7, 11) is -3.51. The highest BCUT2D eigenvalue weighted by Gasteiger charge is 2.29. The Kier molecular flexibility index (Phi) is 4.98. The normalized spacial score (nSPS) is 17.2. The summed E-state index contributed by atoms with van der Waals surface area (Å²) in [6, 6.07) is 6.68. The van der Waals surface area contributed by atoms with Crippen molar-refractivity contribution in [1.29, 1.82) is 0 Å². The van der Waals surface area contributed by atoms with E-state index in [-0.39, 0.29) is 10.7 Å². The third-order valence-electron chi connectivity index (χ3n) is 4.25. The third kappa shape index (κ3) is 3.50. The van der Waals surface area contributed by atoms with E-state index in [9.17, 15) is 12.8 Å². The molecule has 0 bridgehead atoms. The largest absolute Gasteiger partial charge is 0.296 e. The summed E-state index contributed by atoms with van der Waals surface area (Å²) in [4.78, 5) is 2.30. The maximum atomic E-state index is 13.7. The van der Waals surface area contributed by atoms with Crippen LogP contribution < -0.4 is 0 Å². The average Bonchev–Trinajstić information content (AvgIpc) is 3.07. The van der Waals surface area contributed by atoms with Crippen molar-refractivity contribution in [3.63, 3.8) is 0 Å². The summed E-state index contributed by atoms with van der Waals surface area (Å²) >= 11 is 0. The summed E-state index contributed by atoms with van der Waals surface area (Å²) in [5.74, 6) is -0.223. The fraction of sp³-hybridized carbons (Fsp3) is 0.438. The zero-order valence-electron chi connectivity index (χ0n) is 13.6. The summed E-state index contributed by atoms with van der Waals surface area (Å²) in [5, 5.41) is 4.04. The smallest absolute Gasteiger partial charge is 0.246 e. The van der Waals surface area contributed by atoms with Gasteiger partial charge in [-0.05, 0) is 13.0 Å². The Balaban J connectivity index is 1.63. The minimum atomic E-state index is -3.51. The van der Waals surface area contributed by atoms with Crippen molar-refractivity contribution in [1.82, 2.24) is 19.0 Å². The Labute approximate surface area is 141 Å². The van der Waals surface area contributed by atoms with E-state index in [1.807, 2.05) is 13.0 Å². The number of hydrogen-bond acceptors (Lipinski definition) is 4. The maximum absolute atomic E-state index is 13.7. The molecule has 1 aliphatic rings. The van der Waals surface area contributed by atoms with E-state index in [0.717, 1.165) is 0 Å². The van der Waals surface area contributed by atoms with Gasteiger partial charge in [0.05, 0.1) is 6.20 Å². The third-order valence-corrected chi connectivity index (χ3v) is 6.11. The zero-order chi connectivity index (χ0) is 17.2. The first-order chi connectivity index (χ1) is 11.5. The predicted octanol–water partition coefficient (Wildman–Crippen LogP) is 1.55. The molecule has 1 aliphatic heterocycles. The molecule has 0 amide bonds. The highest BCUT2D eigenvalue weighted by atomic mass is 32.2. The van der Waals surface area contributed by atoms with E-state index >= 15 is 0 Å². The number of aromatic nitrogens is 2. The van der Waals surface area contributed by atoms with Crippen LogP contribution >= 0.6 is 0 Å². The van der Waals surface area contributed by atoms with Crippen molar-refractivity contribution in [3.05, 3.63) is 48.0 Å². The van der Waals surface area contributed by atoms with E-state index in [2.05, 4.69) is 10.00 Å². The van der Waals surface area contributed by atoms with E-state index in [1.165, 1.54) is 16.6 Å². The second-order valence-electron chi connectivity index (χ2n) is 5.80. The fourth-order valence-corrected chi connectivity index (χ4v) is 4.17. The molecule has 0 spiro atoms. The Hall–Kier alpha value is -1.77. The standard InChI is InChI=1S/C16H21FN4O2S/c1-2-20-13-15(11-18-20)24(22,23)21-9-7-19(8-10-21)12-14-5-3-4-6-16(14)17/h3-6,11,13H,2,7-10,12H2,1H3. The van der Waals surface area contributed by atoms with Gasteiger partial charge in [0, 0.05) is 51.0 Å². The number of piperazine rings is 1. The molecule has 2 heterocycles. The number of halogens is 1. The van der Waals surface area contributed by atoms with Gasteiger partial charge in [-0.2, -0.15) is 9.40 Å². The van der Waals surface area contributed by atoms with Crippen LogP contribution in [-0.2, 0) is 23.1 Å². The number of rotatable bonds is 5. The molecule has 8 heteroatoms. The van der Waals surface area contributed by atoms with Crippen molar-refractivity contribution in [3.8, 4) is 0 Å². The van der Waals surface area contributed by atoms with Crippen molar-refractivity contribution < 1.29 is 12.8 Å².